The summed E-state index contributed by atoms with van der Waals surface area (Å²) in [7, 11) is 1.46. The largest absolute Gasteiger partial charge is 0.496 e. The van der Waals surface area contributed by atoms with Crippen molar-refractivity contribution < 1.29 is 14.2 Å². The lowest BCUT2D eigenvalue weighted by atomic mass is 9.97. The lowest BCUT2D eigenvalue weighted by molar-refractivity contribution is 0.129. The zero-order chi connectivity index (χ0) is 12.8. The summed E-state index contributed by atoms with van der Waals surface area (Å²) in [6.07, 6.45) is 1.65. The third-order valence-corrected chi connectivity index (χ3v) is 2.83. The summed E-state index contributed by atoms with van der Waals surface area (Å²) in [6, 6.07) is 3.77. The number of hydrogen-bond donors (Lipinski definition) is 2. The Morgan fingerprint density at radius 2 is 2.11 bits per heavy atom. The molecule has 0 saturated carbocycles. The van der Waals surface area contributed by atoms with Crippen molar-refractivity contribution in [1.82, 2.24) is 0 Å². The highest BCUT2D eigenvalue weighted by molar-refractivity contribution is 5.85. The van der Waals surface area contributed by atoms with Crippen LogP contribution in [0.4, 0.5) is 4.39 Å². The van der Waals surface area contributed by atoms with Crippen molar-refractivity contribution in [2.24, 2.45) is 5.73 Å². The average molecular weight is 278 g/mol. The highest BCUT2D eigenvalue weighted by Gasteiger charge is 2.23. The van der Waals surface area contributed by atoms with Crippen molar-refractivity contribution >= 4 is 12.4 Å². The van der Waals surface area contributed by atoms with Gasteiger partial charge in [-0.25, -0.2) is 4.39 Å². The van der Waals surface area contributed by atoms with E-state index in [-0.39, 0.29) is 18.0 Å². The fraction of sp³-hybridized carbons (Fsp3) is 0.538. The van der Waals surface area contributed by atoms with Crippen molar-refractivity contribution in [1.29, 1.82) is 0 Å². The predicted molar refractivity (Wildman–Crippen MR) is 72.7 cm³/mol. The molecule has 1 aromatic rings. The maximum absolute atomic E-state index is 13.7. The van der Waals surface area contributed by atoms with Crippen molar-refractivity contribution in [2.75, 3.05) is 7.11 Å². The molecule has 0 spiro atoms. The summed E-state index contributed by atoms with van der Waals surface area (Å²) >= 11 is 0. The first kappa shape index (κ1) is 17.2. The van der Waals surface area contributed by atoms with Crippen molar-refractivity contribution in [2.45, 2.75) is 38.3 Å². The van der Waals surface area contributed by atoms with Crippen LogP contribution < -0.4 is 10.5 Å². The van der Waals surface area contributed by atoms with E-state index in [4.69, 9.17) is 10.5 Å². The van der Waals surface area contributed by atoms with Gasteiger partial charge in [0, 0.05) is 5.56 Å². The van der Waals surface area contributed by atoms with E-state index in [0.29, 0.717) is 12.2 Å². The summed E-state index contributed by atoms with van der Waals surface area (Å²) in [5, 5.41) is 9.90. The second kappa shape index (κ2) is 8.29. The molecular weight excluding hydrogens is 257 g/mol. The van der Waals surface area contributed by atoms with Crippen LogP contribution in [0.1, 0.15) is 37.8 Å². The van der Waals surface area contributed by atoms with Gasteiger partial charge in [-0.3, -0.25) is 0 Å². The van der Waals surface area contributed by atoms with Gasteiger partial charge >= 0.3 is 0 Å². The summed E-state index contributed by atoms with van der Waals surface area (Å²) in [4.78, 5) is 0. The molecule has 0 aliphatic rings. The van der Waals surface area contributed by atoms with E-state index in [9.17, 15) is 9.50 Å². The predicted octanol–water partition coefficient (Wildman–Crippen LogP) is 2.81. The van der Waals surface area contributed by atoms with Gasteiger partial charge in [0.05, 0.1) is 19.3 Å². The van der Waals surface area contributed by atoms with E-state index in [2.05, 4.69) is 0 Å². The third-order valence-electron chi connectivity index (χ3n) is 2.83. The van der Waals surface area contributed by atoms with Gasteiger partial charge < -0.3 is 15.6 Å². The monoisotopic (exact) mass is 277 g/mol. The normalized spacial score (nSPS) is 13.6. The zero-order valence-corrected chi connectivity index (χ0v) is 11.5. The first-order valence-corrected chi connectivity index (χ1v) is 5.87. The minimum atomic E-state index is -0.752. The van der Waals surface area contributed by atoms with Crippen LogP contribution in [0.25, 0.3) is 0 Å². The van der Waals surface area contributed by atoms with Crippen LogP contribution in [0.5, 0.6) is 5.75 Å². The first-order valence-electron chi connectivity index (χ1n) is 5.87. The van der Waals surface area contributed by atoms with Crippen molar-refractivity contribution in [3.63, 3.8) is 0 Å². The van der Waals surface area contributed by atoms with E-state index < -0.39 is 18.0 Å². The van der Waals surface area contributed by atoms with Crippen LogP contribution in [0.3, 0.4) is 0 Å². The van der Waals surface area contributed by atoms with E-state index in [1.54, 1.807) is 12.1 Å². The molecule has 1 rings (SSSR count). The Kier molecular flexibility index (Phi) is 7.91. The lowest BCUT2D eigenvalue weighted by Gasteiger charge is -2.21. The molecule has 3 N–H and O–H groups in total. The van der Waals surface area contributed by atoms with Crippen LogP contribution in [-0.4, -0.2) is 18.3 Å². The molecular formula is C13H21ClFNO2. The number of methoxy groups -OCH3 is 1. The average Bonchev–Trinajstić information content (AvgIpc) is 2.34. The number of unbranched alkanes of at least 4 members (excludes halogenated alkanes) is 1. The summed E-state index contributed by atoms with van der Waals surface area (Å²) in [6.45, 7) is 2.03. The van der Waals surface area contributed by atoms with Gasteiger partial charge in [0.2, 0.25) is 0 Å². The van der Waals surface area contributed by atoms with Gasteiger partial charge in [-0.15, -0.1) is 12.4 Å². The number of nitrogens with two attached hydrogens (primary N) is 1. The number of ether oxygens (including phenoxy) is 1. The van der Waals surface area contributed by atoms with E-state index in [0.717, 1.165) is 12.8 Å². The van der Waals surface area contributed by atoms with E-state index >= 15 is 0 Å². The van der Waals surface area contributed by atoms with Gasteiger partial charge in [0.15, 0.2) is 0 Å². The van der Waals surface area contributed by atoms with Crippen molar-refractivity contribution in [3.05, 3.63) is 29.6 Å². The molecule has 0 fully saturated rings. The fourth-order valence-corrected chi connectivity index (χ4v) is 1.80. The fourth-order valence-electron chi connectivity index (χ4n) is 1.80. The molecule has 104 valence electrons. The minimum absolute atomic E-state index is 0. The molecule has 0 aliphatic carbocycles. The molecule has 0 saturated heterocycles. The Balaban J connectivity index is 0.00000289. The number of benzene rings is 1. The Hall–Kier alpha value is -0.840. The van der Waals surface area contributed by atoms with Crippen LogP contribution in [-0.2, 0) is 0 Å². The summed E-state index contributed by atoms with van der Waals surface area (Å²) < 4.78 is 18.8. The highest BCUT2D eigenvalue weighted by atomic mass is 35.5. The van der Waals surface area contributed by atoms with Crippen LogP contribution >= 0.6 is 12.4 Å². The number of rotatable bonds is 6. The number of hydrogen-bond acceptors (Lipinski definition) is 3. The quantitative estimate of drug-likeness (QED) is 0.841. The third kappa shape index (κ3) is 4.12. The van der Waals surface area contributed by atoms with E-state index in [1.165, 1.54) is 13.2 Å². The van der Waals surface area contributed by atoms with Gasteiger partial charge in [-0.1, -0.05) is 25.8 Å². The lowest BCUT2D eigenvalue weighted by Crippen LogP contribution is -2.27. The van der Waals surface area contributed by atoms with Crippen LogP contribution in [0.15, 0.2) is 18.2 Å². The highest BCUT2D eigenvalue weighted by Crippen LogP contribution is 2.29. The molecule has 0 radical (unpaired) electrons. The molecule has 2 atom stereocenters. The summed E-state index contributed by atoms with van der Waals surface area (Å²) in [5.41, 5.74) is 6.14. The molecule has 0 heterocycles. The number of halogens is 2. The molecule has 0 aliphatic heterocycles. The number of aliphatic hydroxyl groups is 1. The molecule has 18 heavy (non-hydrogen) atoms. The molecule has 0 unspecified atom stereocenters. The Labute approximate surface area is 114 Å². The Morgan fingerprint density at radius 1 is 1.44 bits per heavy atom. The molecule has 1 aromatic carbocycles. The topological polar surface area (TPSA) is 55.5 Å². The Bertz CT molecular complexity index is 363. The summed E-state index contributed by atoms with van der Waals surface area (Å²) in [5.74, 6) is -0.0551. The second-order valence-electron chi connectivity index (χ2n) is 4.09. The number of aliphatic hydroxyl groups excluding tert-OH is 1. The minimum Gasteiger partial charge on any atom is -0.496 e. The molecule has 3 nitrogen and oxygen atoms in total. The maximum atomic E-state index is 13.7. The SMILES string of the molecule is CCCC[C@@H](O)[C@@H](N)c1c(F)cccc1OC.Cl. The van der Waals surface area contributed by atoms with Crippen molar-refractivity contribution in [3.8, 4) is 5.75 Å². The molecule has 0 bridgehead atoms. The molecule has 0 amide bonds. The van der Waals surface area contributed by atoms with Gasteiger partial charge in [-0.2, -0.15) is 0 Å². The standard InChI is InChI=1S/C13H20FNO2.ClH/c1-3-4-7-10(16)13(15)12-9(14)6-5-8-11(12)17-2;/h5-6,8,10,13,16H,3-4,7,15H2,1-2H3;1H/t10-,13-;/m1./s1. The van der Waals surface area contributed by atoms with Gasteiger partial charge in [0.25, 0.3) is 0 Å². The zero-order valence-electron chi connectivity index (χ0n) is 10.7. The first-order chi connectivity index (χ1) is 8.11. The second-order valence-corrected chi connectivity index (χ2v) is 4.09. The molecule has 5 heteroatoms. The molecule has 0 aromatic heterocycles. The smallest absolute Gasteiger partial charge is 0.131 e. The van der Waals surface area contributed by atoms with Gasteiger partial charge in [0.1, 0.15) is 11.6 Å². The van der Waals surface area contributed by atoms with Crippen LogP contribution in [0, 0.1) is 5.82 Å². The van der Waals surface area contributed by atoms with Crippen LogP contribution in [0.2, 0.25) is 0 Å². The van der Waals surface area contributed by atoms with E-state index in [1.807, 2.05) is 6.92 Å². The maximum Gasteiger partial charge on any atom is 0.131 e. The Morgan fingerprint density at radius 3 is 2.67 bits per heavy atom. The van der Waals surface area contributed by atoms with Gasteiger partial charge in [-0.05, 0) is 18.6 Å².